The molecule has 0 bridgehead atoms. The molecule has 0 saturated carbocycles. The van der Waals surface area contributed by atoms with Gasteiger partial charge in [-0.3, -0.25) is 4.79 Å². The third-order valence-electron chi connectivity index (χ3n) is 16.5. The smallest absolute Gasteiger partial charge is 0.193 e. The van der Waals surface area contributed by atoms with Gasteiger partial charge < -0.3 is 9.80 Å². The van der Waals surface area contributed by atoms with Crippen molar-refractivity contribution in [2.45, 2.75) is 31.1 Å². The number of carbonyl (C=O) groups is 1. The van der Waals surface area contributed by atoms with Gasteiger partial charge in [0.15, 0.2) is 5.78 Å². The van der Waals surface area contributed by atoms with E-state index < -0.39 is 10.8 Å². The largest absolute Gasteiger partial charge is 0.311 e. The van der Waals surface area contributed by atoms with Crippen LogP contribution in [0.15, 0.2) is 304 Å². The Morgan fingerprint density at radius 2 is 0.785 bits per heavy atom. The zero-order valence-corrected chi connectivity index (χ0v) is 44.5. The number of carbonyl (C=O) groups excluding carboxylic acids is 1. The predicted octanol–water partition coefficient (Wildman–Crippen LogP) is 19.0. The Hall–Kier alpha value is -9.83. The monoisotopic (exact) mass is 1010 g/mol. The Morgan fingerprint density at radius 1 is 0.418 bits per heavy atom. The van der Waals surface area contributed by atoms with Crippen LogP contribution in [-0.4, -0.2) is 5.78 Å². The minimum Gasteiger partial charge on any atom is -0.311 e. The van der Waals surface area contributed by atoms with Gasteiger partial charge in [-0.25, -0.2) is 0 Å². The van der Waals surface area contributed by atoms with Crippen LogP contribution in [-0.2, 0) is 10.8 Å². The summed E-state index contributed by atoms with van der Waals surface area (Å²) >= 11 is 0. The lowest BCUT2D eigenvalue weighted by Crippen LogP contribution is -2.29. The minimum atomic E-state index is -0.834. The number of rotatable bonds is 14. The van der Waals surface area contributed by atoms with Crippen LogP contribution in [0, 0.1) is 0 Å². The first-order valence-electron chi connectivity index (χ1n) is 27.4. The second-order valence-electron chi connectivity index (χ2n) is 20.5. The Morgan fingerprint density at radius 3 is 1.19 bits per heavy atom. The Balaban J connectivity index is 1.00. The summed E-state index contributed by atoms with van der Waals surface area (Å²) in [6.45, 7) is 12.5. The molecule has 13 rings (SSSR count). The summed E-state index contributed by atoms with van der Waals surface area (Å²) in [5.41, 5.74) is 22.4. The van der Waals surface area contributed by atoms with Crippen molar-refractivity contribution < 1.29 is 4.79 Å². The van der Waals surface area contributed by atoms with Crippen molar-refractivity contribution in [1.82, 2.24) is 0 Å². The lowest BCUT2D eigenvalue weighted by molar-refractivity contribution is 0.103. The molecule has 0 N–H and O–H groups in total. The van der Waals surface area contributed by atoms with Crippen molar-refractivity contribution in [2.75, 3.05) is 9.80 Å². The van der Waals surface area contributed by atoms with Crippen LogP contribution in [0.25, 0.3) is 33.4 Å². The van der Waals surface area contributed by atoms with Crippen LogP contribution >= 0.6 is 0 Å². The van der Waals surface area contributed by atoms with Crippen LogP contribution in [0.4, 0.5) is 22.7 Å². The molecule has 10 aromatic rings. The molecular weight excluding hydrogens is 957 g/mol. The van der Waals surface area contributed by atoms with E-state index in [0.29, 0.717) is 11.1 Å². The second-order valence-corrected chi connectivity index (χ2v) is 20.5. The molecule has 0 fully saturated rings. The molecule has 0 aliphatic heterocycles. The van der Waals surface area contributed by atoms with E-state index in [9.17, 15) is 0 Å². The van der Waals surface area contributed by atoms with Gasteiger partial charge in [0.25, 0.3) is 0 Å². The van der Waals surface area contributed by atoms with E-state index in [4.69, 9.17) is 0 Å². The average Bonchev–Trinajstić information content (AvgIpc) is 4.31. The lowest BCUT2D eigenvalue weighted by atomic mass is 9.67. The number of benzene rings is 10. The average molecular weight is 1020 g/mol. The molecule has 378 valence electrons. The summed E-state index contributed by atoms with van der Waals surface area (Å²) in [7, 11) is 0. The third-order valence-corrected chi connectivity index (χ3v) is 16.5. The molecule has 0 heterocycles. The van der Waals surface area contributed by atoms with E-state index in [0.717, 1.165) is 85.1 Å². The van der Waals surface area contributed by atoms with Crippen LogP contribution in [0.1, 0.15) is 80.7 Å². The first kappa shape index (κ1) is 48.8. The van der Waals surface area contributed by atoms with E-state index in [-0.39, 0.29) is 5.78 Å². The van der Waals surface area contributed by atoms with E-state index in [1.165, 1.54) is 33.4 Å². The standard InChI is InChI=1S/C76H58N2O/c1-5-23-56(8-4)77(58-26-11-9-12-27-58)60-44-40-54(41-45-60)75(55-42-46-61(47-43-55)78(57(24-6-2)25-7-3)59-28-13-10-14-29-59)68-34-19-15-32-64(68)66-48-38-52(50-72(66)75)74(79)53-39-49-67-65-33-18-22-37-71(65)76(73(67)51-53)69-35-20-16-30-62(69)63-31-17-21-36-70(63)76/h5-6,8-51H,1,4,7H2,2-3H3/b24-6-,56-23+,57-25+. The molecular formula is C76H58N2O. The number of allylic oxidation sites excluding steroid dienone is 6. The number of hydrogen-bond acceptors (Lipinski definition) is 3. The quantitative estimate of drug-likeness (QED) is 0.0801. The highest BCUT2D eigenvalue weighted by atomic mass is 16.1. The summed E-state index contributed by atoms with van der Waals surface area (Å²) in [4.78, 5) is 20.3. The molecule has 1 unspecified atom stereocenters. The molecule has 0 aromatic heterocycles. The Kier molecular flexibility index (Phi) is 12.3. The van der Waals surface area contributed by atoms with E-state index in [1.54, 1.807) is 6.08 Å². The molecule has 10 aromatic carbocycles. The van der Waals surface area contributed by atoms with Gasteiger partial charge >= 0.3 is 0 Å². The maximum atomic E-state index is 15.8. The van der Waals surface area contributed by atoms with Crippen LogP contribution in [0.5, 0.6) is 0 Å². The number of fused-ring (bicyclic) bond motifs is 13. The molecule has 0 amide bonds. The molecule has 1 spiro atoms. The number of nitrogens with zero attached hydrogens (tertiary/aromatic N) is 2. The second kappa shape index (κ2) is 19.9. The summed E-state index contributed by atoms with van der Waals surface area (Å²) in [5, 5.41) is 0. The Labute approximate surface area is 464 Å². The third kappa shape index (κ3) is 7.52. The van der Waals surface area contributed by atoms with Gasteiger partial charge in [0.1, 0.15) is 0 Å². The van der Waals surface area contributed by atoms with Crippen LogP contribution < -0.4 is 9.80 Å². The fourth-order valence-corrected chi connectivity index (χ4v) is 13.4. The lowest BCUT2D eigenvalue weighted by Gasteiger charge is -2.35. The van der Waals surface area contributed by atoms with Crippen molar-refractivity contribution in [3.05, 3.63) is 359 Å². The van der Waals surface area contributed by atoms with Gasteiger partial charge in [-0.2, -0.15) is 0 Å². The summed E-state index contributed by atoms with van der Waals surface area (Å²) < 4.78 is 0. The fraction of sp³-hybridized carbons (Fsp3) is 0.0658. The number of ketones is 1. The van der Waals surface area contributed by atoms with Crippen molar-refractivity contribution in [1.29, 1.82) is 0 Å². The number of anilines is 4. The minimum absolute atomic E-state index is 0.0194. The molecule has 3 aliphatic carbocycles. The number of hydrogen-bond donors (Lipinski definition) is 0. The molecule has 79 heavy (non-hydrogen) atoms. The molecule has 1 atom stereocenters. The summed E-state index contributed by atoms with van der Waals surface area (Å²) in [5.74, 6) is -0.0194. The summed E-state index contributed by atoms with van der Waals surface area (Å²) in [6.07, 6.45) is 13.1. The van der Waals surface area contributed by atoms with Crippen LogP contribution in [0.3, 0.4) is 0 Å². The molecule has 3 nitrogen and oxygen atoms in total. The van der Waals surface area contributed by atoms with Gasteiger partial charge in [-0.1, -0.05) is 220 Å². The topological polar surface area (TPSA) is 23.6 Å². The van der Waals surface area contributed by atoms with Gasteiger partial charge in [-0.05, 0) is 170 Å². The zero-order chi connectivity index (χ0) is 53.7. The van der Waals surface area contributed by atoms with E-state index >= 15 is 4.79 Å². The molecule has 0 radical (unpaired) electrons. The maximum Gasteiger partial charge on any atom is 0.193 e. The Bertz CT molecular complexity index is 4060. The molecule has 0 saturated heterocycles. The first-order chi connectivity index (χ1) is 38.9. The SMILES string of the molecule is C=C/C=C(\C=C)N(c1ccccc1)c1ccc(C2(c3ccc(N(C(/C=C\C)=C/CC)c4ccccc4)cc3)c3ccccc3-c3ccc(C(=O)c4ccc5c(c4)C4(c6ccccc6-c6ccccc64)c4ccccc4-5)cc32)cc1. The van der Waals surface area contributed by atoms with Crippen molar-refractivity contribution in [2.24, 2.45) is 0 Å². The van der Waals surface area contributed by atoms with Crippen molar-refractivity contribution in [3.63, 3.8) is 0 Å². The highest BCUT2D eigenvalue weighted by Gasteiger charge is 2.52. The fourth-order valence-electron chi connectivity index (χ4n) is 13.4. The van der Waals surface area contributed by atoms with Gasteiger partial charge in [0.05, 0.1) is 10.8 Å². The van der Waals surface area contributed by atoms with Crippen molar-refractivity contribution in [3.8, 4) is 33.4 Å². The normalized spacial score (nSPS) is 15.2. The predicted molar refractivity (Wildman–Crippen MR) is 329 cm³/mol. The van der Waals surface area contributed by atoms with Gasteiger partial charge in [0, 0.05) is 45.3 Å². The highest BCUT2D eigenvalue weighted by Crippen LogP contribution is 2.63. The molecule has 3 heteroatoms. The van der Waals surface area contributed by atoms with E-state index in [2.05, 4.69) is 279 Å². The maximum absolute atomic E-state index is 15.8. The molecule has 3 aliphatic rings. The van der Waals surface area contributed by atoms with E-state index in [1.807, 2.05) is 30.4 Å². The van der Waals surface area contributed by atoms with Crippen LogP contribution in [0.2, 0.25) is 0 Å². The van der Waals surface area contributed by atoms with Gasteiger partial charge in [-0.15, -0.1) is 0 Å². The summed E-state index contributed by atoms with van der Waals surface area (Å²) in [6, 6.07) is 87.1. The van der Waals surface area contributed by atoms with Gasteiger partial charge in [0.2, 0.25) is 0 Å². The van der Waals surface area contributed by atoms with Crippen molar-refractivity contribution >= 4 is 28.5 Å². The zero-order valence-electron chi connectivity index (χ0n) is 44.5. The highest BCUT2D eigenvalue weighted by molar-refractivity contribution is 6.11. The first-order valence-corrected chi connectivity index (χ1v) is 27.4. The number of para-hydroxylation sites is 2.